The minimum Gasteiger partial charge on any atom is -0.481 e. The molecule has 3 N–H and O–H groups in total. The number of rotatable bonds is 12. The van der Waals surface area contributed by atoms with Crippen molar-refractivity contribution < 1.29 is 48.7 Å². The number of esters is 3. The summed E-state index contributed by atoms with van der Waals surface area (Å²) in [4.78, 5) is 46.1. The number of carbonyl (C=O) groups excluding carboxylic acids is 3. The zero-order valence-corrected chi connectivity index (χ0v) is 24.6. The Balaban J connectivity index is 0. The topological polar surface area (TPSA) is 157 Å². The van der Waals surface area contributed by atoms with Crippen LogP contribution in [0, 0.1) is 33.5 Å². The molecule has 10 heteroatoms. The molecule has 2 atom stereocenters. The minimum absolute atomic E-state index is 0.0162. The van der Waals surface area contributed by atoms with Gasteiger partial charge < -0.3 is 29.5 Å². The third-order valence-corrected chi connectivity index (χ3v) is 5.72. The monoisotopic (exact) mass is 534 g/mol. The lowest BCUT2D eigenvalue weighted by Crippen LogP contribution is -2.33. The molecule has 0 spiro atoms. The molecule has 0 radical (unpaired) electrons. The van der Waals surface area contributed by atoms with Crippen molar-refractivity contribution in [3.63, 3.8) is 0 Å². The summed E-state index contributed by atoms with van der Waals surface area (Å²) in [5.74, 6) is -3.72. The van der Waals surface area contributed by atoms with Gasteiger partial charge in [-0.25, -0.2) is 0 Å². The van der Waals surface area contributed by atoms with E-state index in [0.717, 1.165) is 0 Å². The third kappa shape index (κ3) is 16.3. The summed E-state index contributed by atoms with van der Waals surface area (Å²) in [6.07, 6.45) is -0.169. The summed E-state index contributed by atoms with van der Waals surface area (Å²) in [5.41, 5.74) is -1.86. The number of hydrogen-bond donors (Lipinski definition) is 3. The molecule has 0 rings (SSSR count). The van der Waals surface area contributed by atoms with Crippen molar-refractivity contribution in [3.8, 4) is 0 Å². The molecule has 0 heterocycles. The zero-order chi connectivity index (χ0) is 29.8. The first-order valence-electron chi connectivity index (χ1n) is 12.4. The molecular weight excluding hydrogens is 484 g/mol. The van der Waals surface area contributed by atoms with Crippen molar-refractivity contribution >= 4 is 23.9 Å². The Bertz CT molecular complexity index is 741. The molecule has 0 amide bonds. The van der Waals surface area contributed by atoms with Crippen LogP contribution >= 0.6 is 0 Å². The fourth-order valence-electron chi connectivity index (χ4n) is 2.74. The largest absolute Gasteiger partial charge is 0.481 e. The van der Waals surface area contributed by atoms with Gasteiger partial charge in [-0.05, 0) is 10.8 Å². The van der Waals surface area contributed by atoms with Gasteiger partial charge in [-0.2, -0.15) is 0 Å². The lowest BCUT2D eigenvalue weighted by Gasteiger charge is -2.28. The molecule has 0 saturated heterocycles. The second kappa shape index (κ2) is 15.3. The summed E-state index contributed by atoms with van der Waals surface area (Å²) in [6, 6.07) is 0. The quantitative estimate of drug-likeness (QED) is 0.250. The number of ether oxygens (including phenoxy) is 3. The van der Waals surface area contributed by atoms with Crippen molar-refractivity contribution in [2.24, 2.45) is 33.5 Å². The molecule has 0 aliphatic rings. The summed E-state index contributed by atoms with van der Waals surface area (Å²) >= 11 is 0. The van der Waals surface area contributed by atoms with E-state index in [1.807, 2.05) is 20.8 Å². The SMILES string of the molecule is CC(C)(CO)COC(=O)C[C@H](C(=O)O)C(C)(C)C.COC(=O)[C@@H](CC(=O)OCC(C)(C)CO)C(C)(C)C. The van der Waals surface area contributed by atoms with Crippen LogP contribution in [0.5, 0.6) is 0 Å². The first-order chi connectivity index (χ1) is 16.5. The van der Waals surface area contributed by atoms with Crippen molar-refractivity contribution in [2.45, 2.75) is 82.1 Å². The number of aliphatic carboxylic acids is 1. The van der Waals surface area contributed by atoms with Gasteiger partial charge in [-0.1, -0.05) is 69.2 Å². The Labute approximate surface area is 222 Å². The van der Waals surface area contributed by atoms with Crippen molar-refractivity contribution in [2.75, 3.05) is 33.5 Å². The fraction of sp³-hybridized carbons (Fsp3) is 0.852. The minimum atomic E-state index is -0.999. The van der Waals surface area contributed by atoms with Gasteiger partial charge in [0, 0.05) is 10.8 Å². The van der Waals surface area contributed by atoms with Gasteiger partial charge in [0.2, 0.25) is 0 Å². The summed E-state index contributed by atoms with van der Waals surface area (Å²) in [6.45, 7) is 18.1. The Kier molecular flexibility index (Phi) is 15.3. The molecule has 0 aromatic heterocycles. The molecule has 0 aromatic rings. The average molecular weight is 535 g/mol. The number of methoxy groups -OCH3 is 1. The van der Waals surface area contributed by atoms with Gasteiger partial charge in [0.1, 0.15) is 0 Å². The molecule has 0 unspecified atom stereocenters. The second-order valence-electron chi connectivity index (χ2n) is 13.1. The Morgan fingerprint density at radius 3 is 1.22 bits per heavy atom. The molecule has 218 valence electrons. The van der Waals surface area contributed by atoms with E-state index in [9.17, 15) is 19.2 Å². The Morgan fingerprint density at radius 2 is 0.973 bits per heavy atom. The van der Waals surface area contributed by atoms with Crippen LogP contribution in [-0.2, 0) is 33.4 Å². The molecule has 37 heavy (non-hydrogen) atoms. The molecule has 0 bridgehead atoms. The van der Waals surface area contributed by atoms with E-state index >= 15 is 0 Å². The summed E-state index contributed by atoms with van der Waals surface area (Å²) in [7, 11) is 1.31. The van der Waals surface area contributed by atoms with Crippen LogP contribution in [0.25, 0.3) is 0 Å². The van der Waals surface area contributed by atoms with Crippen LogP contribution < -0.4 is 0 Å². The van der Waals surface area contributed by atoms with Crippen LogP contribution in [-0.4, -0.2) is 72.7 Å². The summed E-state index contributed by atoms with van der Waals surface area (Å²) < 4.78 is 14.8. The first-order valence-corrected chi connectivity index (χ1v) is 12.4. The van der Waals surface area contributed by atoms with E-state index in [2.05, 4.69) is 0 Å². The van der Waals surface area contributed by atoms with Crippen LogP contribution in [0.4, 0.5) is 0 Å². The number of hydrogen-bond acceptors (Lipinski definition) is 9. The number of aliphatic hydroxyl groups is 2. The van der Waals surface area contributed by atoms with E-state index in [1.165, 1.54) is 7.11 Å². The summed E-state index contributed by atoms with van der Waals surface area (Å²) in [5, 5.41) is 27.2. The average Bonchev–Trinajstić information content (AvgIpc) is 2.76. The normalized spacial score (nSPS) is 14.0. The van der Waals surface area contributed by atoms with Gasteiger partial charge in [0.05, 0.1) is 58.2 Å². The number of aliphatic hydroxyl groups excluding tert-OH is 2. The van der Waals surface area contributed by atoms with Gasteiger partial charge in [0.25, 0.3) is 0 Å². The van der Waals surface area contributed by atoms with Crippen molar-refractivity contribution in [1.29, 1.82) is 0 Å². The van der Waals surface area contributed by atoms with Crippen molar-refractivity contribution in [3.05, 3.63) is 0 Å². The van der Waals surface area contributed by atoms with Gasteiger partial charge in [0.15, 0.2) is 0 Å². The maximum absolute atomic E-state index is 11.8. The van der Waals surface area contributed by atoms with E-state index in [4.69, 9.17) is 29.5 Å². The van der Waals surface area contributed by atoms with Gasteiger partial charge in [-0.15, -0.1) is 0 Å². The van der Waals surface area contributed by atoms with E-state index in [1.54, 1.807) is 48.5 Å². The van der Waals surface area contributed by atoms with E-state index in [0.29, 0.717) is 0 Å². The van der Waals surface area contributed by atoms with Crippen LogP contribution in [0.15, 0.2) is 0 Å². The lowest BCUT2D eigenvalue weighted by molar-refractivity contribution is -0.158. The van der Waals surface area contributed by atoms with Crippen LogP contribution in [0.2, 0.25) is 0 Å². The van der Waals surface area contributed by atoms with Crippen LogP contribution in [0.1, 0.15) is 82.1 Å². The highest BCUT2D eigenvalue weighted by Gasteiger charge is 2.35. The fourth-order valence-corrected chi connectivity index (χ4v) is 2.74. The highest BCUT2D eigenvalue weighted by Crippen LogP contribution is 2.31. The predicted octanol–water partition coefficient (Wildman–Crippen LogP) is 3.46. The smallest absolute Gasteiger partial charge is 0.309 e. The number of carbonyl (C=O) groups is 4. The zero-order valence-electron chi connectivity index (χ0n) is 24.6. The molecule has 0 aliphatic heterocycles. The molecule has 0 aliphatic carbocycles. The van der Waals surface area contributed by atoms with E-state index < -0.39 is 52.0 Å². The molecule has 0 fully saturated rings. The Hall–Kier alpha value is -2.20. The molecule has 0 saturated carbocycles. The first kappa shape index (κ1) is 37.0. The predicted molar refractivity (Wildman–Crippen MR) is 138 cm³/mol. The Morgan fingerprint density at radius 1 is 0.649 bits per heavy atom. The lowest BCUT2D eigenvalue weighted by atomic mass is 9.79. The molecule has 0 aromatic carbocycles. The van der Waals surface area contributed by atoms with Gasteiger partial charge >= 0.3 is 23.9 Å². The van der Waals surface area contributed by atoms with Crippen molar-refractivity contribution in [1.82, 2.24) is 0 Å². The highest BCUT2D eigenvalue weighted by atomic mass is 16.5. The van der Waals surface area contributed by atoms with Crippen LogP contribution in [0.3, 0.4) is 0 Å². The third-order valence-electron chi connectivity index (χ3n) is 5.72. The second-order valence-corrected chi connectivity index (χ2v) is 13.1. The maximum atomic E-state index is 11.8. The highest BCUT2D eigenvalue weighted by molar-refractivity contribution is 5.80. The molecular formula is C27H50O10. The maximum Gasteiger partial charge on any atom is 0.309 e. The van der Waals surface area contributed by atoms with E-state index in [-0.39, 0.29) is 44.7 Å². The van der Waals surface area contributed by atoms with Gasteiger partial charge in [-0.3, -0.25) is 19.2 Å². The molecule has 10 nitrogen and oxygen atoms in total. The number of carboxylic acids is 1. The number of carboxylic acid groups (broad SMARTS) is 1. The standard InChI is InChI=1S/C14H26O5.C13H24O5/c1-13(2,3)10(12(17)18-6)7-11(16)19-9-14(4,5)8-15;1-12(2,3)9(11(16)17)6-10(15)18-8-13(4,5)7-14/h10,15H,7-9H2,1-6H3;9,14H,6-8H2,1-5H3,(H,16,17)/t10-;9-/m11/s1.